The molecule has 0 saturated heterocycles. The number of rotatable bonds is 12. The molecule has 368 valence electrons. The van der Waals surface area contributed by atoms with E-state index in [9.17, 15) is 0 Å². The van der Waals surface area contributed by atoms with Crippen molar-refractivity contribution in [3.8, 4) is 0 Å². The summed E-state index contributed by atoms with van der Waals surface area (Å²) in [5, 5.41) is 3.48. The summed E-state index contributed by atoms with van der Waals surface area (Å²) in [6.45, 7) is 29.6. The molecule has 4 aromatic carbocycles. The number of hydrogen-bond acceptors (Lipinski definition) is 0. The first-order valence-corrected chi connectivity index (χ1v) is 29.2. The topological polar surface area (TPSA) is 0 Å². The van der Waals surface area contributed by atoms with Crippen molar-refractivity contribution in [3.63, 3.8) is 0 Å². The quantitative estimate of drug-likeness (QED) is 0.0980. The average Bonchev–Trinajstić information content (AvgIpc) is 3.87. The molecule has 0 saturated carbocycles. The molecule has 8 rings (SSSR count). The molecule has 0 N–H and O–H groups in total. The van der Waals surface area contributed by atoms with Crippen molar-refractivity contribution in [2.24, 2.45) is 0 Å². The van der Waals surface area contributed by atoms with E-state index < -0.39 is 16.1 Å². The third-order valence-electron chi connectivity index (χ3n) is 14.9. The molecule has 0 fully saturated rings. The monoisotopic (exact) mass is 1190 g/mol. The fourth-order valence-electron chi connectivity index (χ4n) is 12.9. The van der Waals surface area contributed by atoms with Crippen LogP contribution in [0.4, 0.5) is 0 Å². The Kier molecular flexibility index (Phi) is 32.2. The predicted molar refractivity (Wildman–Crippen MR) is 313 cm³/mol. The maximum atomic E-state index is 2.64. The third kappa shape index (κ3) is 12.6. The maximum Gasteiger partial charge on any atom is 4.00 e. The minimum Gasteiger partial charge on any atom is -0.358 e. The van der Waals surface area contributed by atoms with E-state index in [0.29, 0.717) is 22.9 Å². The van der Waals surface area contributed by atoms with Gasteiger partial charge in [-0.2, -0.15) is 0 Å². The van der Waals surface area contributed by atoms with Crippen LogP contribution in [0.25, 0.3) is 21.5 Å². The Labute approximate surface area is 464 Å². The molecule has 0 nitrogen and oxygen atoms in total. The van der Waals surface area contributed by atoms with Gasteiger partial charge in [-0.1, -0.05) is 209 Å². The molecule has 0 amide bonds. The van der Waals surface area contributed by atoms with Gasteiger partial charge >= 0.3 is 52.0 Å². The Morgan fingerprint density at radius 3 is 0.912 bits per heavy atom. The molecule has 0 aliphatic heterocycles. The Balaban J connectivity index is -0.000000525. The standard InChI is InChI=1S/2C28H36Si.8CH3.Hf.Zr/c2*1-7-13-21-19(3)27(25-17-11-9-15-23(21)25)29(5,6)28-20(4)22(14-8-2)24-16-10-12-18-26(24)28;;;;;;;;;;/h2*9-12,15-18,21,28H,7-8,13-14H2,1-6H3;8*1H3;;/q;;8*-1;2*+4. The summed E-state index contributed by atoms with van der Waals surface area (Å²) in [5.41, 5.74) is 23.7. The van der Waals surface area contributed by atoms with Gasteiger partial charge < -0.3 is 59.4 Å². The molecule has 4 atom stereocenters. The van der Waals surface area contributed by atoms with Gasteiger partial charge in [-0.3, -0.25) is 0 Å². The first-order valence-electron chi connectivity index (χ1n) is 23.0. The Morgan fingerprint density at radius 2 is 0.632 bits per heavy atom. The van der Waals surface area contributed by atoms with Crippen molar-refractivity contribution < 1.29 is 52.0 Å². The molecule has 0 heterocycles. The van der Waals surface area contributed by atoms with Crippen LogP contribution < -0.4 is 0 Å². The van der Waals surface area contributed by atoms with Crippen LogP contribution in [0.2, 0.25) is 26.2 Å². The zero-order chi connectivity index (χ0) is 41.5. The Bertz CT molecular complexity index is 2160. The fourth-order valence-corrected chi connectivity index (χ4v) is 22.3. The number of fused-ring (bicyclic) bond motifs is 4. The minimum absolute atomic E-state index is 0. The van der Waals surface area contributed by atoms with E-state index >= 15 is 0 Å². The van der Waals surface area contributed by atoms with Gasteiger partial charge in [-0.05, 0) is 109 Å². The third-order valence-corrected chi connectivity index (χ3v) is 23.2. The van der Waals surface area contributed by atoms with Crippen LogP contribution >= 0.6 is 0 Å². The van der Waals surface area contributed by atoms with E-state index in [2.05, 4.69) is 179 Å². The van der Waals surface area contributed by atoms with E-state index in [-0.39, 0.29) is 111 Å². The van der Waals surface area contributed by atoms with E-state index in [4.69, 9.17) is 0 Å². The van der Waals surface area contributed by atoms with Gasteiger partial charge in [0, 0.05) is 22.9 Å². The van der Waals surface area contributed by atoms with Crippen LogP contribution in [0.15, 0.2) is 119 Å². The zero-order valence-corrected chi connectivity index (χ0v) is 55.3. The van der Waals surface area contributed by atoms with Crippen LogP contribution in [0, 0.1) is 59.4 Å². The second-order valence-electron chi connectivity index (χ2n) is 19.3. The summed E-state index contributed by atoms with van der Waals surface area (Å²) in [5.74, 6) is 1.24. The molecular weight excluding hydrogens is 1090 g/mol. The van der Waals surface area contributed by atoms with Gasteiger partial charge in [0.15, 0.2) is 0 Å². The smallest absolute Gasteiger partial charge is 0.358 e. The SMILES string of the molecule is CCCC1=C(C)C([Si](C)(C)C2=C(C)C(CCC)c3ccccc32)c2ccccc21.CCCC1=C(C)C([Si](C)(C)C2=C(C)C(CCC)c3ccccc32)c2ccccc21.[CH3-].[CH3-].[CH3-].[CH3-].[CH3-].[CH3-].[CH3-].[CH3-].[Hf+4].[Zr+4]. The Hall–Kier alpha value is -1.97. The first-order chi connectivity index (χ1) is 27.9. The molecule has 4 aliphatic rings. The molecule has 4 unspecified atom stereocenters. The van der Waals surface area contributed by atoms with Gasteiger partial charge in [0.25, 0.3) is 0 Å². The second kappa shape index (κ2) is 30.2. The van der Waals surface area contributed by atoms with Crippen LogP contribution in [0.1, 0.15) is 174 Å². The van der Waals surface area contributed by atoms with Crippen LogP contribution in [0.5, 0.6) is 0 Å². The zero-order valence-electron chi connectivity index (χ0n) is 47.2. The van der Waals surface area contributed by atoms with Crippen LogP contribution in [-0.2, 0) is 52.0 Å². The van der Waals surface area contributed by atoms with Crippen molar-refractivity contribution in [2.45, 2.75) is 156 Å². The molecule has 0 radical (unpaired) electrons. The number of allylic oxidation sites excluding steroid dienone is 6. The van der Waals surface area contributed by atoms with Gasteiger partial charge in [-0.25, -0.2) is 0 Å². The average molecular weight is 1190 g/mol. The summed E-state index contributed by atoms with van der Waals surface area (Å²) >= 11 is 0. The summed E-state index contributed by atoms with van der Waals surface area (Å²) in [6.07, 6.45) is 9.89. The number of hydrogen-bond donors (Lipinski definition) is 0. The molecule has 4 heteroatoms. The summed E-state index contributed by atoms with van der Waals surface area (Å²) in [4.78, 5) is 0. The normalized spacial score (nSPS) is 17.9. The van der Waals surface area contributed by atoms with E-state index in [1.54, 1.807) is 77.2 Å². The van der Waals surface area contributed by atoms with E-state index in [1.807, 2.05) is 0 Å². The second-order valence-corrected chi connectivity index (χ2v) is 28.3. The van der Waals surface area contributed by atoms with Gasteiger partial charge in [0.2, 0.25) is 0 Å². The number of benzene rings is 4. The summed E-state index contributed by atoms with van der Waals surface area (Å²) in [7, 11) is -3.57. The largest absolute Gasteiger partial charge is 4.00 e. The van der Waals surface area contributed by atoms with Crippen molar-refractivity contribution in [1.82, 2.24) is 0 Å². The van der Waals surface area contributed by atoms with E-state index in [1.165, 1.54) is 62.5 Å². The van der Waals surface area contributed by atoms with Crippen molar-refractivity contribution >= 4 is 37.7 Å². The minimum atomic E-state index is -1.79. The van der Waals surface area contributed by atoms with Crippen LogP contribution in [0.3, 0.4) is 0 Å². The van der Waals surface area contributed by atoms with Gasteiger partial charge in [0.1, 0.15) is 0 Å². The van der Waals surface area contributed by atoms with Crippen molar-refractivity contribution in [2.75, 3.05) is 0 Å². The molecule has 0 aromatic heterocycles. The van der Waals surface area contributed by atoms with Crippen molar-refractivity contribution in [3.05, 3.63) is 223 Å². The maximum absolute atomic E-state index is 2.64. The molecule has 0 bridgehead atoms. The molecule has 4 aliphatic carbocycles. The van der Waals surface area contributed by atoms with Crippen LogP contribution in [-0.4, -0.2) is 16.1 Å². The summed E-state index contributed by atoms with van der Waals surface area (Å²) in [6, 6.07) is 37.1. The fraction of sp³-hybridized carbons (Fsp3) is 0.375. The summed E-state index contributed by atoms with van der Waals surface area (Å²) < 4.78 is 0. The van der Waals surface area contributed by atoms with Gasteiger partial charge in [0.05, 0.1) is 16.1 Å². The van der Waals surface area contributed by atoms with E-state index in [0.717, 1.165) is 0 Å². The van der Waals surface area contributed by atoms with Gasteiger partial charge in [-0.15, -0.1) is 0 Å². The van der Waals surface area contributed by atoms with Crippen molar-refractivity contribution in [1.29, 1.82) is 0 Å². The predicted octanol–water partition coefficient (Wildman–Crippen LogP) is 20.6. The molecular formula is C64H96HfSi2Zr. The molecule has 0 spiro atoms. The molecule has 4 aromatic rings. The Morgan fingerprint density at radius 1 is 0.368 bits per heavy atom. The first kappa shape index (κ1) is 72.6. The molecule has 68 heavy (non-hydrogen) atoms.